The third-order valence-corrected chi connectivity index (χ3v) is 3.52. The number of aromatic amines is 1. The standard InChI is InChI=1S/C13H18N4O/c14-10-8-16(9-10)6-3-7-17-12-5-2-1-4-11(12)15-13(17)18/h1-2,4-5,10H,3,6-9,14H2,(H,15,18). The molecule has 1 aromatic heterocycles. The van der Waals surface area contributed by atoms with Crippen LogP contribution in [0.2, 0.25) is 0 Å². The van der Waals surface area contributed by atoms with Crippen LogP contribution in [0.3, 0.4) is 0 Å². The molecule has 2 heterocycles. The molecule has 5 heteroatoms. The van der Waals surface area contributed by atoms with Crippen LogP contribution in [0.4, 0.5) is 0 Å². The van der Waals surface area contributed by atoms with E-state index >= 15 is 0 Å². The molecular formula is C13H18N4O. The minimum absolute atomic E-state index is 0.0171. The summed E-state index contributed by atoms with van der Waals surface area (Å²) in [4.78, 5) is 17.0. The first kappa shape index (κ1) is 11.5. The van der Waals surface area contributed by atoms with Crippen LogP contribution in [0.1, 0.15) is 6.42 Å². The molecule has 18 heavy (non-hydrogen) atoms. The second-order valence-corrected chi connectivity index (χ2v) is 4.97. The number of para-hydroxylation sites is 2. The monoisotopic (exact) mass is 246 g/mol. The molecule has 0 unspecified atom stereocenters. The highest BCUT2D eigenvalue weighted by Gasteiger charge is 2.21. The minimum atomic E-state index is -0.0171. The summed E-state index contributed by atoms with van der Waals surface area (Å²) in [5.74, 6) is 0. The fourth-order valence-corrected chi connectivity index (χ4v) is 2.57. The molecule has 0 atom stereocenters. The van der Waals surface area contributed by atoms with Crippen LogP contribution in [-0.2, 0) is 6.54 Å². The predicted molar refractivity (Wildman–Crippen MR) is 71.6 cm³/mol. The van der Waals surface area contributed by atoms with Gasteiger partial charge in [-0.15, -0.1) is 0 Å². The number of nitrogens with two attached hydrogens (primary N) is 1. The van der Waals surface area contributed by atoms with Gasteiger partial charge in [-0.3, -0.25) is 4.57 Å². The van der Waals surface area contributed by atoms with Gasteiger partial charge in [-0.2, -0.15) is 0 Å². The van der Waals surface area contributed by atoms with Crippen molar-refractivity contribution in [2.24, 2.45) is 5.73 Å². The summed E-state index contributed by atoms with van der Waals surface area (Å²) in [5.41, 5.74) is 7.61. The van der Waals surface area contributed by atoms with Gasteiger partial charge in [-0.25, -0.2) is 4.79 Å². The molecule has 1 fully saturated rings. The van der Waals surface area contributed by atoms with Crippen LogP contribution in [0, 0.1) is 0 Å². The normalized spacial score (nSPS) is 17.2. The fraction of sp³-hybridized carbons (Fsp3) is 0.462. The third kappa shape index (κ3) is 2.07. The number of nitrogens with one attached hydrogen (secondary N) is 1. The maximum Gasteiger partial charge on any atom is 0.326 e. The number of benzene rings is 1. The Balaban J connectivity index is 1.67. The number of rotatable bonds is 4. The van der Waals surface area contributed by atoms with Gasteiger partial charge in [0, 0.05) is 25.7 Å². The molecule has 2 aromatic rings. The molecule has 5 nitrogen and oxygen atoms in total. The lowest BCUT2D eigenvalue weighted by Gasteiger charge is -2.36. The van der Waals surface area contributed by atoms with Gasteiger partial charge >= 0.3 is 5.69 Å². The first-order valence-corrected chi connectivity index (χ1v) is 6.39. The van der Waals surface area contributed by atoms with Crippen molar-refractivity contribution in [2.75, 3.05) is 19.6 Å². The fourth-order valence-electron chi connectivity index (χ4n) is 2.57. The van der Waals surface area contributed by atoms with E-state index in [1.165, 1.54) is 0 Å². The molecule has 1 aliphatic heterocycles. The average molecular weight is 246 g/mol. The van der Waals surface area contributed by atoms with Gasteiger partial charge in [-0.05, 0) is 25.1 Å². The quantitative estimate of drug-likeness (QED) is 0.818. The van der Waals surface area contributed by atoms with E-state index in [4.69, 9.17) is 5.73 Å². The highest BCUT2D eigenvalue weighted by atomic mass is 16.1. The smallest absolute Gasteiger partial charge is 0.325 e. The second-order valence-electron chi connectivity index (χ2n) is 4.97. The Kier molecular flexibility index (Phi) is 2.93. The zero-order chi connectivity index (χ0) is 12.5. The van der Waals surface area contributed by atoms with Crippen molar-refractivity contribution in [3.05, 3.63) is 34.7 Å². The van der Waals surface area contributed by atoms with Crippen LogP contribution in [0.25, 0.3) is 11.0 Å². The molecule has 1 aliphatic rings. The van der Waals surface area contributed by atoms with Gasteiger partial charge < -0.3 is 15.6 Å². The SMILES string of the molecule is NC1CN(CCCn2c(=O)[nH]c3ccccc32)C1. The molecule has 3 N–H and O–H groups in total. The summed E-state index contributed by atoms with van der Waals surface area (Å²) in [6, 6.07) is 8.15. The molecule has 0 radical (unpaired) electrons. The van der Waals surface area contributed by atoms with Crippen molar-refractivity contribution in [2.45, 2.75) is 19.0 Å². The van der Waals surface area contributed by atoms with E-state index in [-0.39, 0.29) is 5.69 Å². The van der Waals surface area contributed by atoms with E-state index in [0.29, 0.717) is 6.04 Å². The van der Waals surface area contributed by atoms with Crippen molar-refractivity contribution < 1.29 is 0 Å². The topological polar surface area (TPSA) is 67.0 Å². The maximum atomic E-state index is 11.8. The van der Waals surface area contributed by atoms with Crippen molar-refractivity contribution in [1.82, 2.24) is 14.5 Å². The van der Waals surface area contributed by atoms with Crippen molar-refractivity contribution in [3.8, 4) is 0 Å². The lowest BCUT2D eigenvalue weighted by atomic mass is 10.1. The number of aromatic nitrogens is 2. The van der Waals surface area contributed by atoms with Crippen LogP contribution >= 0.6 is 0 Å². The molecule has 0 bridgehead atoms. The number of nitrogens with zero attached hydrogens (tertiary/aromatic N) is 2. The van der Waals surface area contributed by atoms with Crippen LogP contribution in [0.15, 0.2) is 29.1 Å². The zero-order valence-corrected chi connectivity index (χ0v) is 10.3. The van der Waals surface area contributed by atoms with E-state index in [9.17, 15) is 4.79 Å². The Labute approximate surface area is 105 Å². The molecule has 1 aromatic carbocycles. The molecule has 0 spiro atoms. The number of aryl methyl sites for hydroxylation is 1. The first-order valence-electron chi connectivity index (χ1n) is 6.39. The Morgan fingerprint density at radius 2 is 2.06 bits per heavy atom. The highest BCUT2D eigenvalue weighted by Crippen LogP contribution is 2.10. The summed E-state index contributed by atoms with van der Waals surface area (Å²) in [5, 5.41) is 0. The van der Waals surface area contributed by atoms with Gasteiger partial charge in [0.1, 0.15) is 0 Å². The largest absolute Gasteiger partial charge is 0.326 e. The number of H-pyrrole nitrogens is 1. The van der Waals surface area contributed by atoms with Gasteiger partial charge in [0.25, 0.3) is 0 Å². The molecule has 1 saturated heterocycles. The Morgan fingerprint density at radius 1 is 1.28 bits per heavy atom. The summed E-state index contributed by atoms with van der Waals surface area (Å²) in [6.45, 7) is 3.75. The van der Waals surface area contributed by atoms with Gasteiger partial charge in [0.2, 0.25) is 0 Å². The Morgan fingerprint density at radius 3 is 2.83 bits per heavy atom. The summed E-state index contributed by atoms with van der Waals surface area (Å²) >= 11 is 0. The first-order chi connectivity index (χ1) is 8.74. The maximum absolute atomic E-state index is 11.8. The van der Waals surface area contributed by atoms with Crippen molar-refractivity contribution in [3.63, 3.8) is 0 Å². The molecule has 0 aliphatic carbocycles. The molecule has 0 amide bonds. The number of likely N-dealkylation sites (tertiary alicyclic amines) is 1. The van der Waals surface area contributed by atoms with Gasteiger partial charge in [0.15, 0.2) is 0 Å². The molecule has 3 rings (SSSR count). The number of hydrogen-bond acceptors (Lipinski definition) is 3. The molecule has 96 valence electrons. The van der Waals surface area contributed by atoms with Gasteiger partial charge in [0.05, 0.1) is 11.0 Å². The average Bonchev–Trinajstić information content (AvgIpc) is 2.63. The van der Waals surface area contributed by atoms with Crippen LogP contribution in [0.5, 0.6) is 0 Å². The second kappa shape index (κ2) is 4.59. The lowest BCUT2D eigenvalue weighted by Crippen LogP contribution is -2.55. The zero-order valence-electron chi connectivity index (χ0n) is 10.3. The van der Waals surface area contributed by atoms with E-state index in [1.54, 1.807) is 0 Å². The van der Waals surface area contributed by atoms with E-state index in [2.05, 4.69) is 9.88 Å². The summed E-state index contributed by atoms with van der Waals surface area (Å²) < 4.78 is 1.81. The third-order valence-electron chi connectivity index (χ3n) is 3.52. The van der Waals surface area contributed by atoms with E-state index < -0.39 is 0 Å². The van der Waals surface area contributed by atoms with E-state index in [1.807, 2.05) is 28.8 Å². The number of imidazole rings is 1. The van der Waals surface area contributed by atoms with Crippen molar-refractivity contribution >= 4 is 11.0 Å². The summed E-state index contributed by atoms with van der Waals surface area (Å²) in [7, 11) is 0. The molecular weight excluding hydrogens is 228 g/mol. The van der Waals surface area contributed by atoms with E-state index in [0.717, 1.165) is 43.6 Å². The summed E-state index contributed by atoms with van der Waals surface area (Å²) in [6.07, 6.45) is 0.981. The Bertz CT molecular complexity index is 594. The van der Waals surface area contributed by atoms with Crippen LogP contribution < -0.4 is 11.4 Å². The predicted octanol–water partition coefficient (Wildman–Crippen LogP) is 0.363. The van der Waals surface area contributed by atoms with Crippen molar-refractivity contribution in [1.29, 1.82) is 0 Å². The lowest BCUT2D eigenvalue weighted by molar-refractivity contribution is 0.147. The minimum Gasteiger partial charge on any atom is -0.325 e. The van der Waals surface area contributed by atoms with Gasteiger partial charge in [-0.1, -0.05) is 12.1 Å². The molecule has 0 saturated carbocycles. The Hall–Kier alpha value is -1.59. The highest BCUT2D eigenvalue weighted by molar-refractivity contribution is 5.74. The van der Waals surface area contributed by atoms with Crippen LogP contribution in [-0.4, -0.2) is 40.1 Å². The number of fused-ring (bicyclic) bond motifs is 1. The number of hydrogen-bond donors (Lipinski definition) is 2.